The Balaban J connectivity index is 0.00000288. The summed E-state index contributed by atoms with van der Waals surface area (Å²) in [6, 6.07) is 6.05. The number of sulfonamides is 1. The van der Waals surface area contributed by atoms with Crippen molar-refractivity contribution in [2.24, 2.45) is 5.14 Å². The third kappa shape index (κ3) is 4.53. The average Bonchev–Trinajstić information content (AvgIpc) is 2.41. The number of carbonyl (C=O) groups excluding carboxylic acids is 2. The molecule has 24 heavy (non-hydrogen) atoms. The monoisotopic (exact) mass is 385 g/mol. The van der Waals surface area contributed by atoms with Crippen molar-refractivity contribution in [3.63, 3.8) is 0 Å². The molecule has 2 unspecified atom stereocenters. The number of primary sulfonamides is 1. The van der Waals surface area contributed by atoms with Crippen molar-refractivity contribution in [3.8, 4) is 0 Å². The van der Waals surface area contributed by atoms with Gasteiger partial charge in [-0.1, -0.05) is 30.3 Å². The Kier molecular flexibility index (Phi) is 6.55. The van der Waals surface area contributed by atoms with Crippen LogP contribution in [0.2, 0.25) is 0 Å². The van der Waals surface area contributed by atoms with Gasteiger partial charge in [-0.25, -0.2) is 26.3 Å². The van der Waals surface area contributed by atoms with E-state index in [2.05, 4.69) is 5.32 Å². The van der Waals surface area contributed by atoms with E-state index in [1.54, 1.807) is 6.07 Å². The summed E-state index contributed by atoms with van der Waals surface area (Å²) in [5, 5.41) is 5.37. The summed E-state index contributed by atoms with van der Waals surface area (Å²) >= 11 is 0. The quantitative estimate of drug-likeness (QED) is 0.290. The summed E-state index contributed by atoms with van der Waals surface area (Å²) in [4.78, 5) is 23.6. The minimum absolute atomic E-state index is 0. The van der Waals surface area contributed by atoms with Crippen LogP contribution in [0.1, 0.15) is 10.8 Å². The number of nitrogens with two attached hydrogens (primary N) is 1. The molecule has 0 bridgehead atoms. The van der Waals surface area contributed by atoms with E-state index in [9.17, 15) is 31.0 Å². The van der Waals surface area contributed by atoms with E-state index in [-0.39, 0.29) is 39.4 Å². The van der Waals surface area contributed by atoms with Gasteiger partial charge in [0.15, 0.2) is 15.6 Å². The van der Waals surface area contributed by atoms with Gasteiger partial charge in [-0.05, 0) is 5.56 Å². The molecular formula is C11H12N3NaO7S2. The van der Waals surface area contributed by atoms with Gasteiger partial charge in [0.25, 0.3) is 5.91 Å². The summed E-state index contributed by atoms with van der Waals surface area (Å²) in [6.07, 6.45) is 0. The Hall–Kier alpha value is -1.02. The van der Waals surface area contributed by atoms with Gasteiger partial charge in [-0.3, -0.25) is 9.59 Å². The van der Waals surface area contributed by atoms with Gasteiger partial charge in [0.2, 0.25) is 15.9 Å². The molecule has 13 heteroatoms. The number of hydrogen-bond acceptors (Lipinski definition) is 7. The molecule has 2 amide bonds. The molecule has 0 radical (unpaired) electrons. The first kappa shape index (κ1) is 21.0. The van der Waals surface area contributed by atoms with Gasteiger partial charge in [0.1, 0.15) is 6.04 Å². The van der Waals surface area contributed by atoms with Gasteiger partial charge in [0, 0.05) is 0 Å². The number of hydrogen-bond donors (Lipinski definition) is 2. The Morgan fingerprint density at radius 2 is 1.79 bits per heavy atom. The SMILES string of the molecule is NS(=O)(=O)C(C(=O)NC1CN(S(=O)(=O)[O-])C1=O)c1ccccc1.[Na+]. The van der Waals surface area contributed by atoms with Crippen LogP contribution in [0.4, 0.5) is 0 Å². The molecular weight excluding hydrogens is 373 g/mol. The molecule has 2 atom stereocenters. The van der Waals surface area contributed by atoms with E-state index in [1.165, 1.54) is 24.3 Å². The zero-order chi connectivity index (χ0) is 17.4. The summed E-state index contributed by atoms with van der Waals surface area (Å²) in [6.45, 7) is -0.553. The van der Waals surface area contributed by atoms with Crippen LogP contribution in [-0.2, 0) is 29.9 Å². The minimum atomic E-state index is -4.95. The van der Waals surface area contributed by atoms with E-state index in [0.717, 1.165) is 0 Å². The van der Waals surface area contributed by atoms with Crippen LogP contribution < -0.4 is 40.0 Å². The smallest absolute Gasteiger partial charge is 0.731 e. The van der Waals surface area contributed by atoms with Crippen LogP contribution in [0.3, 0.4) is 0 Å². The topological polar surface area (TPSA) is 167 Å². The maximum atomic E-state index is 12.1. The van der Waals surface area contributed by atoms with Crippen LogP contribution >= 0.6 is 0 Å². The first-order chi connectivity index (χ1) is 10.5. The molecule has 10 nitrogen and oxygen atoms in total. The fourth-order valence-corrected chi connectivity index (χ4v) is 3.65. The van der Waals surface area contributed by atoms with Crippen molar-refractivity contribution in [1.29, 1.82) is 0 Å². The molecule has 1 aliphatic heterocycles. The number of rotatable bonds is 5. The summed E-state index contributed by atoms with van der Waals surface area (Å²) in [5.74, 6) is -2.21. The molecule has 3 N–H and O–H groups in total. The van der Waals surface area contributed by atoms with Crippen molar-refractivity contribution in [2.75, 3.05) is 6.54 Å². The van der Waals surface area contributed by atoms with Gasteiger partial charge in [-0.2, -0.15) is 0 Å². The van der Waals surface area contributed by atoms with Crippen LogP contribution in [0.15, 0.2) is 30.3 Å². The molecule has 126 valence electrons. The Labute approximate surface area is 160 Å². The largest absolute Gasteiger partial charge is 1.00 e. The van der Waals surface area contributed by atoms with Gasteiger partial charge < -0.3 is 9.87 Å². The average molecular weight is 385 g/mol. The Morgan fingerprint density at radius 1 is 1.25 bits per heavy atom. The fourth-order valence-electron chi connectivity index (χ4n) is 2.07. The third-order valence-corrected chi connectivity index (χ3v) is 5.16. The van der Waals surface area contributed by atoms with Crippen LogP contribution in [0.5, 0.6) is 0 Å². The maximum Gasteiger partial charge on any atom is 1.00 e. The number of nitrogens with zero attached hydrogens (tertiary/aromatic N) is 1. The minimum Gasteiger partial charge on any atom is -0.731 e. The molecule has 1 heterocycles. The van der Waals surface area contributed by atoms with Crippen LogP contribution in [0, 0.1) is 0 Å². The molecule has 1 aromatic rings. The zero-order valence-electron chi connectivity index (χ0n) is 12.4. The second-order valence-electron chi connectivity index (χ2n) is 4.77. The third-order valence-electron chi connectivity index (χ3n) is 3.15. The molecule has 1 fully saturated rings. The van der Waals surface area contributed by atoms with Crippen molar-refractivity contribution < 1.29 is 60.5 Å². The number of benzene rings is 1. The van der Waals surface area contributed by atoms with Gasteiger partial charge in [-0.15, -0.1) is 0 Å². The Morgan fingerprint density at radius 3 is 2.21 bits per heavy atom. The van der Waals surface area contributed by atoms with Gasteiger partial charge >= 0.3 is 29.6 Å². The molecule has 1 aliphatic rings. The maximum absolute atomic E-state index is 12.1. The van der Waals surface area contributed by atoms with E-state index in [4.69, 9.17) is 5.14 Å². The first-order valence-corrected chi connectivity index (χ1v) is 9.13. The van der Waals surface area contributed by atoms with Crippen molar-refractivity contribution in [2.45, 2.75) is 11.3 Å². The van der Waals surface area contributed by atoms with E-state index in [0.29, 0.717) is 0 Å². The number of nitrogens with one attached hydrogen (secondary N) is 1. The number of amides is 2. The van der Waals surface area contributed by atoms with E-state index in [1.807, 2.05) is 0 Å². The molecule has 0 aromatic heterocycles. The molecule has 0 spiro atoms. The van der Waals surface area contributed by atoms with E-state index >= 15 is 0 Å². The number of carbonyl (C=O) groups is 2. The molecule has 0 saturated carbocycles. The summed E-state index contributed by atoms with van der Waals surface area (Å²) < 4.78 is 55.4. The Bertz CT molecular complexity index is 842. The van der Waals surface area contributed by atoms with Crippen LogP contribution in [-0.4, -0.2) is 50.1 Å². The van der Waals surface area contributed by atoms with Gasteiger partial charge in [0.05, 0.1) is 6.54 Å². The molecule has 0 aliphatic carbocycles. The molecule has 1 saturated heterocycles. The number of β-lactam (4-membered cyclic amide) rings is 1. The predicted molar refractivity (Wildman–Crippen MR) is 75.6 cm³/mol. The second kappa shape index (κ2) is 7.47. The second-order valence-corrected chi connectivity index (χ2v) is 7.71. The van der Waals surface area contributed by atoms with Crippen molar-refractivity contribution >= 4 is 32.1 Å². The predicted octanol–water partition coefficient (Wildman–Crippen LogP) is -5.19. The van der Waals surface area contributed by atoms with Crippen LogP contribution in [0.25, 0.3) is 0 Å². The van der Waals surface area contributed by atoms with Crippen molar-refractivity contribution in [1.82, 2.24) is 9.62 Å². The van der Waals surface area contributed by atoms with Crippen molar-refractivity contribution in [3.05, 3.63) is 35.9 Å². The molecule has 2 rings (SSSR count). The zero-order valence-corrected chi connectivity index (χ0v) is 16.1. The van der Waals surface area contributed by atoms with E-state index < -0.39 is 50.0 Å². The fraction of sp³-hybridized carbons (Fsp3) is 0.273. The standard InChI is InChI=1S/C11H13N3O7S2.Na/c12-22(17,18)9(7-4-2-1-3-5-7)10(15)13-8-6-14(11(8)16)23(19,20)21;/h1-5,8-9H,6H2,(H,13,15)(H2,12,17,18)(H,19,20,21);/q;+1/p-1. The summed E-state index contributed by atoms with van der Waals surface area (Å²) in [5.41, 5.74) is 0.0903. The summed E-state index contributed by atoms with van der Waals surface area (Å²) in [7, 11) is -9.27. The molecule has 1 aromatic carbocycles. The first-order valence-electron chi connectivity index (χ1n) is 6.16. The normalized spacial score (nSPS) is 19.0.